The summed E-state index contributed by atoms with van der Waals surface area (Å²) in [5.41, 5.74) is 2.43. The van der Waals surface area contributed by atoms with Crippen molar-refractivity contribution in [2.75, 3.05) is 19.0 Å². The Labute approximate surface area is 129 Å². The van der Waals surface area contributed by atoms with Gasteiger partial charge in [-0.1, -0.05) is 23.7 Å². The van der Waals surface area contributed by atoms with Gasteiger partial charge in [0.2, 0.25) is 0 Å². The van der Waals surface area contributed by atoms with Gasteiger partial charge in [-0.25, -0.2) is 0 Å². The number of aromatic hydroxyl groups is 1. The lowest BCUT2D eigenvalue weighted by atomic mass is 10.1. The summed E-state index contributed by atoms with van der Waals surface area (Å²) in [6.45, 7) is 0. The first-order valence-electron chi connectivity index (χ1n) is 6.45. The Morgan fingerprint density at radius 3 is 2.38 bits per heavy atom. The first kappa shape index (κ1) is 15.1. The maximum atomic E-state index is 12.1. The Morgan fingerprint density at radius 2 is 1.81 bits per heavy atom. The molecule has 0 spiro atoms. The molecule has 0 unspecified atom stereocenters. The second-order valence-corrected chi connectivity index (χ2v) is 5.26. The van der Waals surface area contributed by atoms with Gasteiger partial charge in [-0.15, -0.1) is 0 Å². The first-order valence-corrected chi connectivity index (χ1v) is 6.83. The number of carbonyl (C=O) groups excluding carboxylic acids is 1. The van der Waals surface area contributed by atoms with Crippen LogP contribution in [0, 0.1) is 0 Å². The van der Waals surface area contributed by atoms with Crippen LogP contribution < -0.4 is 4.90 Å². The van der Waals surface area contributed by atoms with E-state index in [0.717, 1.165) is 11.3 Å². The van der Waals surface area contributed by atoms with Crippen LogP contribution in [0.15, 0.2) is 48.5 Å². The number of anilines is 1. The minimum absolute atomic E-state index is 0.0272. The lowest BCUT2D eigenvalue weighted by Gasteiger charge is -2.11. The third-order valence-electron chi connectivity index (χ3n) is 3.07. The lowest BCUT2D eigenvalue weighted by molar-refractivity contribution is 0.104. The van der Waals surface area contributed by atoms with Gasteiger partial charge in [-0.3, -0.25) is 4.79 Å². The number of hydrogen-bond donors (Lipinski definition) is 1. The molecule has 0 saturated heterocycles. The number of phenolic OH excluding ortho intramolecular Hbond substituents is 1. The number of ketones is 1. The van der Waals surface area contributed by atoms with Crippen LogP contribution in [-0.2, 0) is 0 Å². The van der Waals surface area contributed by atoms with Crippen LogP contribution in [0.3, 0.4) is 0 Å². The smallest absolute Gasteiger partial charge is 0.185 e. The highest BCUT2D eigenvalue weighted by Gasteiger charge is 2.03. The van der Waals surface area contributed by atoms with Crippen LogP contribution in [0.25, 0.3) is 6.08 Å². The van der Waals surface area contributed by atoms with Gasteiger partial charge in [0, 0.05) is 25.3 Å². The molecule has 4 heteroatoms. The van der Waals surface area contributed by atoms with E-state index in [0.29, 0.717) is 5.56 Å². The lowest BCUT2D eigenvalue weighted by Crippen LogP contribution is -2.08. The van der Waals surface area contributed by atoms with Crippen LogP contribution >= 0.6 is 11.6 Å². The van der Waals surface area contributed by atoms with Gasteiger partial charge in [0.15, 0.2) is 5.78 Å². The molecule has 0 atom stereocenters. The Balaban J connectivity index is 2.13. The van der Waals surface area contributed by atoms with Crippen molar-refractivity contribution < 1.29 is 9.90 Å². The van der Waals surface area contributed by atoms with Gasteiger partial charge >= 0.3 is 0 Å². The average Bonchev–Trinajstić information content (AvgIpc) is 2.48. The molecule has 0 aliphatic carbocycles. The minimum atomic E-state index is -0.0792. The van der Waals surface area contributed by atoms with E-state index in [1.165, 1.54) is 12.1 Å². The third-order valence-corrected chi connectivity index (χ3v) is 3.37. The van der Waals surface area contributed by atoms with Crippen LogP contribution in [0.5, 0.6) is 5.75 Å². The van der Waals surface area contributed by atoms with E-state index >= 15 is 0 Å². The normalized spacial score (nSPS) is 10.8. The van der Waals surface area contributed by atoms with Gasteiger partial charge < -0.3 is 10.0 Å². The van der Waals surface area contributed by atoms with Crippen molar-refractivity contribution >= 4 is 29.1 Å². The zero-order valence-electron chi connectivity index (χ0n) is 11.9. The first-order chi connectivity index (χ1) is 9.97. The number of phenols is 1. The van der Waals surface area contributed by atoms with Crippen molar-refractivity contribution in [2.24, 2.45) is 0 Å². The van der Waals surface area contributed by atoms with E-state index in [-0.39, 0.29) is 16.6 Å². The number of rotatable bonds is 4. The standard InChI is InChI=1S/C17H16ClNO2/c1-19(2)14-7-5-13(6-8-14)16(20)9-3-12-4-10-17(21)15(18)11-12/h3-11,21H,1-2H3/b9-3+. The monoisotopic (exact) mass is 301 g/mol. The molecule has 0 aliphatic rings. The number of hydrogen-bond acceptors (Lipinski definition) is 3. The van der Waals surface area contributed by atoms with E-state index in [1.807, 2.05) is 31.1 Å². The molecular weight excluding hydrogens is 286 g/mol. The SMILES string of the molecule is CN(C)c1ccc(C(=O)/C=C/c2ccc(O)c(Cl)c2)cc1. The summed E-state index contributed by atoms with van der Waals surface area (Å²) in [7, 11) is 3.90. The fourth-order valence-corrected chi connectivity index (χ4v) is 2.01. The fraction of sp³-hybridized carbons (Fsp3) is 0.118. The molecule has 0 amide bonds. The van der Waals surface area contributed by atoms with Gasteiger partial charge in [-0.2, -0.15) is 0 Å². The van der Waals surface area contributed by atoms with E-state index in [1.54, 1.807) is 30.3 Å². The number of nitrogens with zero attached hydrogens (tertiary/aromatic N) is 1. The predicted molar refractivity (Wildman–Crippen MR) is 87.3 cm³/mol. The molecule has 0 bridgehead atoms. The largest absolute Gasteiger partial charge is 0.506 e. The second-order valence-electron chi connectivity index (χ2n) is 4.85. The number of benzene rings is 2. The number of carbonyl (C=O) groups is 1. The van der Waals surface area contributed by atoms with Crippen molar-refractivity contribution in [3.05, 3.63) is 64.7 Å². The zero-order valence-corrected chi connectivity index (χ0v) is 12.6. The molecule has 3 nitrogen and oxygen atoms in total. The molecule has 0 heterocycles. The van der Waals surface area contributed by atoms with Crippen LogP contribution in [0.1, 0.15) is 15.9 Å². The predicted octanol–water partition coefficient (Wildman–Crippen LogP) is 4.01. The molecule has 2 aromatic rings. The summed E-state index contributed by atoms with van der Waals surface area (Å²) < 4.78 is 0. The maximum absolute atomic E-state index is 12.1. The van der Waals surface area contributed by atoms with Gasteiger partial charge in [0.25, 0.3) is 0 Å². The summed E-state index contributed by atoms with van der Waals surface area (Å²) in [6, 6.07) is 12.2. The molecule has 0 aliphatic heterocycles. The summed E-state index contributed by atoms with van der Waals surface area (Å²) >= 11 is 5.82. The van der Waals surface area contributed by atoms with Crippen molar-refractivity contribution in [1.29, 1.82) is 0 Å². The average molecular weight is 302 g/mol. The van der Waals surface area contributed by atoms with E-state index in [9.17, 15) is 9.90 Å². The highest BCUT2D eigenvalue weighted by atomic mass is 35.5. The summed E-state index contributed by atoms with van der Waals surface area (Å²) in [4.78, 5) is 14.0. The molecule has 0 fully saturated rings. The highest BCUT2D eigenvalue weighted by Crippen LogP contribution is 2.24. The van der Waals surface area contributed by atoms with Crippen molar-refractivity contribution in [2.45, 2.75) is 0 Å². The van der Waals surface area contributed by atoms with E-state index in [2.05, 4.69) is 0 Å². The highest BCUT2D eigenvalue weighted by molar-refractivity contribution is 6.32. The van der Waals surface area contributed by atoms with Crippen LogP contribution in [0.4, 0.5) is 5.69 Å². The molecule has 108 valence electrons. The molecule has 0 saturated carbocycles. The molecule has 0 radical (unpaired) electrons. The number of halogens is 1. The molecule has 1 N–H and O–H groups in total. The topological polar surface area (TPSA) is 40.5 Å². The van der Waals surface area contributed by atoms with Crippen LogP contribution in [-0.4, -0.2) is 25.0 Å². The Morgan fingerprint density at radius 1 is 1.14 bits per heavy atom. The van der Waals surface area contributed by atoms with Gasteiger partial charge in [0.05, 0.1) is 5.02 Å². The summed E-state index contributed by atoms with van der Waals surface area (Å²) in [5.74, 6) is -0.0519. The molecule has 21 heavy (non-hydrogen) atoms. The van der Waals surface area contributed by atoms with Crippen LogP contribution in [0.2, 0.25) is 5.02 Å². The molecule has 2 rings (SSSR count). The summed E-state index contributed by atoms with van der Waals surface area (Å²) in [6.07, 6.45) is 3.17. The number of allylic oxidation sites excluding steroid dienone is 1. The minimum Gasteiger partial charge on any atom is -0.506 e. The fourth-order valence-electron chi connectivity index (χ4n) is 1.82. The second kappa shape index (κ2) is 6.46. The quantitative estimate of drug-likeness (QED) is 0.685. The Kier molecular flexibility index (Phi) is 4.66. The van der Waals surface area contributed by atoms with Gasteiger partial charge in [0.1, 0.15) is 5.75 Å². The molecule has 0 aromatic heterocycles. The van der Waals surface area contributed by atoms with Crippen molar-refractivity contribution in [3.63, 3.8) is 0 Å². The Hall–Kier alpha value is -2.26. The maximum Gasteiger partial charge on any atom is 0.185 e. The zero-order chi connectivity index (χ0) is 15.4. The Bertz CT molecular complexity index is 676. The van der Waals surface area contributed by atoms with Crippen molar-refractivity contribution in [1.82, 2.24) is 0 Å². The van der Waals surface area contributed by atoms with E-state index < -0.39 is 0 Å². The summed E-state index contributed by atoms with van der Waals surface area (Å²) in [5, 5.41) is 9.61. The third kappa shape index (κ3) is 3.86. The van der Waals surface area contributed by atoms with E-state index in [4.69, 9.17) is 11.6 Å². The van der Waals surface area contributed by atoms with Crippen molar-refractivity contribution in [3.8, 4) is 5.75 Å². The van der Waals surface area contributed by atoms with Gasteiger partial charge in [-0.05, 0) is 48.0 Å². The molecular formula is C17H16ClNO2. The molecule has 2 aromatic carbocycles.